The van der Waals surface area contributed by atoms with Crippen molar-refractivity contribution in [2.24, 2.45) is 11.8 Å². The van der Waals surface area contributed by atoms with Crippen molar-refractivity contribution in [2.75, 3.05) is 7.11 Å². The van der Waals surface area contributed by atoms with Crippen molar-refractivity contribution in [3.8, 4) is 0 Å². The van der Waals surface area contributed by atoms with Crippen LogP contribution in [0.4, 0.5) is 0 Å². The molecule has 100 valence electrons. The fraction of sp³-hybridized carbons (Fsp3) is 0.929. The smallest absolute Gasteiger partial charge is 0.228 e. The van der Waals surface area contributed by atoms with Gasteiger partial charge in [0.1, 0.15) is 0 Å². The summed E-state index contributed by atoms with van der Waals surface area (Å²) in [4.78, 5) is 14.6. The highest BCUT2D eigenvalue weighted by molar-refractivity contribution is 5.80. The Bertz CT molecular complexity index is 265. The molecule has 1 fully saturated rings. The summed E-state index contributed by atoms with van der Waals surface area (Å²) in [6.45, 7) is 10.5. The summed E-state index contributed by atoms with van der Waals surface area (Å²) in [7, 11) is 1.67. The molecule has 0 aromatic carbocycles. The Morgan fingerprint density at radius 1 is 1.24 bits per heavy atom. The fourth-order valence-electron chi connectivity index (χ4n) is 2.69. The van der Waals surface area contributed by atoms with E-state index in [0.29, 0.717) is 18.0 Å². The summed E-state index contributed by atoms with van der Waals surface area (Å²) in [5.74, 6) is 0.735. The second-order valence-corrected chi connectivity index (χ2v) is 5.71. The molecule has 1 aliphatic rings. The number of nitrogens with zero attached hydrogens (tertiary/aromatic N) is 1. The van der Waals surface area contributed by atoms with Gasteiger partial charge >= 0.3 is 0 Å². The van der Waals surface area contributed by atoms with E-state index < -0.39 is 0 Å². The lowest BCUT2D eigenvalue weighted by molar-refractivity contribution is -0.142. The first-order valence-corrected chi connectivity index (χ1v) is 6.75. The number of carbonyl (C=O) groups is 1. The number of ether oxygens (including phenoxy) is 1. The molecule has 1 amide bonds. The van der Waals surface area contributed by atoms with E-state index in [1.165, 1.54) is 0 Å². The third-order valence-corrected chi connectivity index (χ3v) is 4.20. The van der Waals surface area contributed by atoms with Crippen LogP contribution in [0.15, 0.2) is 0 Å². The van der Waals surface area contributed by atoms with Crippen LogP contribution in [0.2, 0.25) is 0 Å². The Hall–Kier alpha value is -0.570. The number of hydrogen-bond donors (Lipinski definition) is 0. The summed E-state index contributed by atoms with van der Waals surface area (Å²) < 4.78 is 5.28. The Morgan fingerprint density at radius 2 is 1.82 bits per heavy atom. The Kier molecular flexibility index (Phi) is 4.99. The predicted octanol–water partition coefficient (Wildman–Crippen LogP) is 2.69. The van der Waals surface area contributed by atoms with Gasteiger partial charge in [-0.25, -0.2) is 0 Å². The van der Waals surface area contributed by atoms with Gasteiger partial charge in [0, 0.05) is 19.2 Å². The van der Waals surface area contributed by atoms with Crippen molar-refractivity contribution >= 4 is 5.91 Å². The van der Waals surface area contributed by atoms with Gasteiger partial charge < -0.3 is 9.64 Å². The lowest BCUT2D eigenvalue weighted by Gasteiger charge is -2.34. The first-order chi connectivity index (χ1) is 7.90. The summed E-state index contributed by atoms with van der Waals surface area (Å²) in [6.07, 6.45) is 2.25. The highest BCUT2D eigenvalue weighted by Gasteiger charge is 2.38. The Morgan fingerprint density at radius 3 is 2.29 bits per heavy atom. The van der Waals surface area contributed by atoms with E-state index in [4.69, 9.17) is 4.74 Å². The first-order valence-electron chi connectivity index (χ1n) is 6.75. The number of carbonyl (C=O) groups excluding carboxylic acids is 1. The second-order valence-electron chi connectivity index (χ2n) is 5.71. The fourth-order valence-corrected chi connectivity index (χ4v) is 2.69. The van der Waals surface area contributed by atoms with Crippen LogP contribution in [-0.4, -0.2) is 36.1 Å². The van der Waals surface area contributed by atoms with E-state index >= 15 is 0 Å². The van der Waals surface area contributed by atoms with Crippen LogP contribution in [0.5, 0.6) is 0 Å². The minimum atomic E-state index is -0.0539. The largest absolute Gasteiger partial charge is 0.381 e. The van der Waals surface area contributed by atoms with E-state index in [1.807, 2.05) is 13.8 Å². The lowest BCUT2D eigenvalue weighted by Crippen LogP contribution is -2.47. The molecule has 17 heavy (non-hydrogen) atoms. The van der Waals surface area contributed by atoms with Gasteiger partial charge in [0.05, 0.1) is 12.0 Å². The molecular formula is C14H27NO2. The van der Waals surface area contributed by atoms with Crippen LogP contribution < -0.4 is 0 Å². The van der Waals surface area contributed by atoms with Gasteiger partial charge in [-0.1, -0.05) is 20.8 Å². The molecule has 0 bridgehead atoms. The van der Waals surface area contributed by atoms with Crippen molar-refractivity contribution in [3.05, 3.63) is 0 Å². The number of methoxy groups -OCH3 is 1. The summed E-state index contributed by atoms with van der Waals surface area (Å²) in [5, 5.41) is 0. The summed E-state index contributed by atoms with van der Waals surface area (Å²) in [5.41, 5.74) is 0. The number of amides is 1. The quantitative estimate of drug-likeness (QED) is 0.757. The summed E-state index contributed by atoms with van der Waals surface area (Å²) >= 11 is 0. The molecular weight excluding hydrogens is 214 g/mol. The topological polar surface area (TPSA) is 29.5 Å². The van der Waals surface area contributed by atoms with Crippen LogP contribution in [0.1, 0.15) is 47.5 Å². The molecule has 0 aromatic heterocycles. The highest BCUT2D eigenvalue weighted by Crippen LogP contribution is 2.30. The molecule has 0 aromatic rings. The van der Waals surface area contributed by atoms with Gasteiger partial charge in [-0.15, -0.1) is 0 Å². The summed E-state index contributed by atoms with van der Waals surface area (Å²) in [6, 6.07) is 0.783. The number of likely N-dealkylation sites (tertiary alicyclic amines) is 1. The van der Waals surface area contributed by atoms with Crippen molar-refractivity contribution < 1.29 is 9.53 Å². The van der Waals surface area contributed by atoms with Crippen LogP contribution in [0.3, 0.4) is 0 Å². The molecule has 1 heterocycles. The standard InChI is InChI=1S/C14H27NO2/c1-9(2)13-8-7-10(3)15(13)14(16)11(4)12(5)17-6/h9-13H,7-8H2,1-6H3/t10?,11?,12?,13-/m0/s1. The monoisotopic (exact) mass is 241 g/mol. The minimum Gasteiger partial charge on any atom is -0.381 e. The third kappa shape index (κ3) is 3.01. The molecule has 4 atom stereocenters. The highest BCUT2D eigenvalue weighted by atomic mass is 16.5. The molecule has 0 N–H and O–H groups in total. The van der Waals surface area contributed by atoms with E-state index in [2.05, 4.69) is 25.7 Å². The number of hydrogen-bond acceptors (Lipinski definition) is 2. The van der Waals surface area contributed by atoms with Gasteiger partial charge in [0.2, 0.25) is 5.91 Å². The maximum Gasteiger partial charge on any atom is 0.228 e. The van der Waals surface area contributed by atoms with Crippen LogP contribution in [-0.2, 0) is 9.53 Å². The van der Waals surface area contributed by atoms with Crippen LogP contribution >= 0.6 is 0 Å². The van der Waals surface area contributed by atoms with E-state index in [-0.39, 0.29) is 17.9 Å². The van der Waals surface area contributed by atoms with Gasteiger partial charge in [0.15, 0.2) is 0 Å². The second kappa shape index (κ2) is 5.85. The van der Waals surface area contributed by atoms with Crippen molar-refractivity contribution in [2.45, 2.75) is 65.6 Å². The predicted molar refractivity (Wildman–Crippen MR) is 69.8 cm³/mol. The van der Waals surface area contributed by atoms with Crippen molar-refractivity contribution in [1.82, 2.24) is 4.90 Å². The average Bonchev–Trinajstić information content (AvgIpc) is 2.68. The third-order valence-electron chi connectivity index (χ3n) is 4.20. The molecule has 3 unspecified atom stereocenters. The number of rotatable bonds is 4. The lowest BCUT2D eigenvalue weighted by atomic mass is 9.99. The van der Waals surface area contributed by atoms with E-state index in [1.54, 1.807) is 7.11 Å². The molecule has 0 radical (unpaired) electrons. The zero-order valence-corrected chi connectivity index (χ0v) is 12.1. The van der Waals surface area contributed by atoms with Crippen molar-refractivity contribution in [1.29, 1.82) is 0 Å². The van der Waals surface area contributed by atoms with Crippen molar-refractivity contribution in [3.63, 3.8) is 0 Å². The first kappa shape index (κ1) is 14.5. The van der Waals surface area contributed by atoms with Gasteiger partial charge in [-0.05, 0) is 32.6 Å². The van der Waals surface area contributed by atoms with Gasteiger partial charge in [-0.3, -0.25) is 4.79 Å². The van der Waals surface area contributed by atoms with E-state index in [0.717, 1.165) is 12.8 Å². The molecule has 0 saturated carbocycles. The zero-order valence-electron chi connectivity index (χ0n) is 12.1. The molecule has 0 spiro atoms. The molecule has 1 saturated heterocycles. The SMILES string of the molecule is COC(C)C(C)C(=O)N1C(C)CC[C@H]1C(C)C. The Labute approximate surface area is 106 Å². The van der Waals surface area contributed by atoms with Crippen LogP contribution in [0.25, 0.3) is 0 Å². The maximum absolute atomic E-state index is 12.5. The molecule has 3 nitrogen and oxygen atoms in total. The van der Waals surface area contributed by atoms with Gasteiger partial charge in [0.25, 0.3) is 0 Å². The van der Waals surface area contributed by atoms with Crippen LogP contribution in [0, 0.1) is 11.8 Å². The average molecular weight is 241 g/mol. The molecule has 1 rings (SSSR count). The normalized spacial score (nSPS) is 28.5. The van der Waals surface area contributed by atoms with E-state index in [9.17, 15) is 4.79 Å². The zero-order chi connectivity index (χ0) is 13.2. The molecule has 0 aliphatic carbocycles. The molecule has 3 heteroatoms. The maximum atomic E-state index is 12.5. The minimum absolute atomic E-state index is 0.0110. The Balaban J connectivity index is 2.78. The molecule has 1 aliphatic heterocycles. The van der Waals surface area contributed by atoms with Gasteiger partial charge in [-0.2, -0.15) is 0 Å².